The molecule has 1 N–H and O–H groups in total. The Kier molecular flexibility index (Phi) is 3.14. The van der Waals surface area contributed by atoms with Crippen molar-refractivity contribution in [1.29, 1.82) is 5.26 Å². The number of hydrogen-bond donors (Lipinski definition) is 1. The Bertz CT molecular complexity index is 336. The number of nitriles is 1. The number of phenols is 1. The minimum absolute atomic E-state index is 0.268. The van der Waals surface area contributed by atoms with E-state index in [9.17, 15) is 0 Å². The summed E-state index contributed by atoms with van der Waals surface area (Å²) in [6.07, 6.45) is 1.57. The Labute approximate surface area is 84.8 Å². The maximum Gasteiger partial charge on any atom is 0.115 e. The van der Waals surface area contributed by atoms with E-state index in [1.165, 1.54) is 0 Å². The van der Waals surface area contributed by atoms with Gasteiger partial charge in [0.2, 0.25) is 0 Å². The van der Waals surface area contributed by atoms with Crippen LogP contribution >= 0.6 is 0 Å². The summed E-state index contributed by atoms with van der Waals surface area (Å²) in [7, 11) is 0. The molecule has 1 unspecified atom stereocenters. The zero-order valence-electron chi connectivity index (χ0n) is 8.62. The third-order valence-corrected chi connectivity index (χ3v) is 2.58. The molecular weight excluding hydrogens is 174 g/mol. The van der Waals surface area contributed by atoms with Crippen LogP contribution in [0.1, 0.15) is 25.8 Å². The topological polar surface area (TPSA) is 44.0 Å². The Morgan fingerprint density at radius 3 is 2.36 bits per heavy atom. The monoisotopic (exact) mass is 189 g/mol. The van der Waals surface area contributed by atoms with Crippen LogP contribution in [0.2, 0.25) is 0 Å². The van der Waals surface area contributed by atoms with Gasteiger partial charge in [-0.3, -0.25) is 0 Å². The van der Waals surface area contributed by atoms with Crippen molar-refractivity contribution in [2.75, 3.05) is 0 Å². The van der Waals surface area contributed by atoms with Gasteiger partial charge in [-0.1, -0.05) is 19.1 Å². The van der Waals surface area contributed by atoms with E-state index < -0.39 is 0 Å². The summed E-state index contributed by atoms with van der Waals surface area (Å²) in [6.45, 7) is 3.98. The van der Waals surface area contributed by atoms with Gasteiger partial charge < -0.3 is 5.11 Å². The quantitative estimate of drug-likeness (QED) is 0.794. The van der Waals surface area contributed by atoms with Crippen molar-refractivity contribution in [1.82, 2.24) is 0 Å². The van der Waals surface area contributed by atoms with Gasteiger partial charge in [-0.25, -0.2) is 0 Å². The van der Waals surface area contributed by atoms with Gasteiger partial charge >= 0.3 is 0 Å². The second kappa shape index (κ2) is 4.15. The molecule has 1 rings (SSSR count). The number of rotatable bonds is 3. The van der Waals surface area contributed by atoms with Gasteiger partial charge in [0, 0.05) is 0 Å². The molecule has 0 radical (unpaired) electrons. The molecule has 0 fully saturated rings. The lowest BCUT2D eigenvalue weighted by Gasteiger charge is -2.18. The van der Waals surface area contributed by atoms with E-state index in [0.29, 0.717) is 0 Å². The van der Waals surface area contributed by atoms with Gasteiger partial charge in [-0.05, 0) is 37.5 Å². The molecule has 0 bridgehead atoms. The average molecular weight is 189 g/mol. The summed E-state index contributed by atoms with van der Waals surface area (Å²) in [4.78, 5) is 0. The molecular formula is C12H15NO. The Hall–Kier alpha value is -1.49. The van der Waals surface area contributed by atoms with Crippen LogP contribution in [0.5, 0.6) is 5.75 Å². The van der Waals surface area contributed by atoms with Gasteiger partial charge in [-0.2, -0.15) is 5.26 Å². The minimum Gasteiger partial charge on any atom is -0.508 e. The SMILES string of the molecule is CCC(C)(C#N)Cc1ccc(O)cc1. The highest BCUT2D eigenvalue weighted by Gasteiger charge is 2.21. The van der Waals surface area contributed by atoms with Crippen LogP contribution in [0.15, 0.2) is 24.3 Å². The summed E-state index contributed by atoms with van der Waals surface area (Å²) in [6, 6.07) is 9.36. The highest BCUT2D eigenvalue weighted by atomic mass is 16.3. The van der Waals surface area contributed by atoms with Crippen LogP contribution in [0, 0.1) is 16.7 Å². The van der Waals surface area contributed by atoms with E-state index in [0.717, 1.165) is 18.4 Å². The smallest absolute Gasteiger partial charge is 0.115 e. The van der Waals surface area contributed by atoms with E-state index in [-0.39, 0.29) is 11.2 Å². The zero-order chi connectivity index (χ0) is 10.6. The number of nitrogens with zero attached hydrogens (tertiary/aromatic N) is 1. The van der Waals surface area contributed by atoms with Crippen molar-refractivity contribution in [2.24, 2.45) is 5.41 Å². The first kappa shape index (κ1) is 10.6. The lowest BCUT2D eigenvalue weighted by Crippen LogP contribution is -2.15. The second-order valence-corrected chi connectivity index (χ2v) is 3.87. The molecule has 0 aliphatic carbocycles. The number of hydrogen-bond acceptors (Lipinski definition) is 2. The average Bonchev–Trinajstić information content (AvgIpc) is 2.21. The first-order valence-electron chi connectivity index (χ1n) is 4.79. The van der Waals surface area contributed by atoms with E-state index in [1.807, 2.05) is 26.0 Å². The number of benzene rings is 1. The molecule has 0 aliphatic rings. The standard InChI is InChI=1S/C12H15NO/c1-3-12(2,9-13)8-10-4-6-11(14)7-5-10/h4-7,14H,3,8H2,1-2H3. The maximum atomic E-state index is 9.10. The van der Waals surface area contributed by atoms with E-state index >= 15 is 0 Å². The first-order valence-corrected chi connectivity index (χ1v) is 4.79. The van der Waals surface area contributed by atoms with Crippen LogP contribution in [-0.2, 0) is 6.42 Å². The van der Waals surface area contributed by atoms with Crippen LogP contribution in [0.25, 0.3) is 0 Å². The van der Waals surface area contributed by atoms with Gasteiger partial charge in [0.05, 0.1) is 11.5 Å². The van der Waals surface area contributed by atoms with Gasteiger partial charge in [0.25, 0.3) is 0 Å². The summed E-state index contributed by atoms with van der Waals surface area (Å²) < 4.78 is 0. The summed E-state index contributed by atoms with van der Waals surface area (Å²) in [5.74, 6) is 0.268. The van der Waals surface area contributed by atoms with Crippen LogP contribution in [-0.4, -0.2) is 5.11 Å². The molecule has 0 aromatic heterocycles. The van der Waals surface area contributed by atoms with Crippen molar-refractivity contribution in [3.05, 3.63) is 29.8 Å². The molecule has 0 spiro atoms. The summed E-state index contributed by atoms with van der Waals surface area (Å²) >= 11 is 0. The van der Waals surface area contributed by atoms with Crippen molar-refractivity contribution < 1.29 is 5.11 Å². The fourth-order valence-corrected chi connectivity index (χ4v) is 1.31. The fourth-order valence-electron chi connectivity index (χ4n) is 1.31. The molecule has 74 valence electrons. The summed E-state index contributed by atoms with van der Waals surface area (Å²) in [5, 5.41) is 18.1. The molecule has 2 nitrogen and oxygen atoms in total. The van der Waals surface area contributed by atoms with Crippen LogP contribution < -0.4 is 0 Å². The Balaban J connectivity index is 2.79. The third kappa shape index (κ3) is 2.50. The number of phenolic OH excluding ortho intramolecular Hbond substituents is 1. The van der Waals surface area contributed by atoms with Crippen LogP contribution in [0.3, 0.4) is 0 Å². The molecule has 1 aromatic rings. The fraction of sp³-hybridized carbons (Fsp3) is 0.417. The lowest BCUT2D eigenvalue weighted by molar-refractivity contribution is 0.422. The largest absolute Gasteiger partial charge is 0.508 e. The molecule has 0 saturated carbocycles. The van der Waals surface area contributed by atoms with Gasteiger partial charge in [0.15, 0.2) is 0 Å². The third-order valence-electron chi connectivity index (χ3n) is 2.58. The molecule has 0 aliphatic heterocycles. The first-order chi connectivity index (χ1) is 6.59. The van der Waals surface area contributed by atoms with Crippen molar-refractivity contribution in [3.63, 3.8) is 0 Å². The molecule has 2 heteroatoms. The van der Waals surface area contributed by atoms with Gasteiger partial charge in [-0.15, -0.1) is 0 Å². The lowest BCUT2D eigenvalue weighted by atomic mass is 9.83. The zero-order valence-corrected chi connectivity index (χ0v) is 8.62. The summed E-state index contributed by atoms with van der Waals surface area (Å²) in [5.41, 5.74) is 0.797. The van der Waals surface area contributed by atoms with E-state index in [1.54, 1.807) is 12.1 Å². The Morgan fingerprint density at radius 1 is 1.36 bits per heavy atom. The number of aromatic hydroxyl groups is 1. The molecule has 1 aromatic carbocycles. The maximum absolute atomic E-state index is 9.10. The van der Waals surface area contributed by atoms with Gasteiger partial charge in [0.1, 0.15) is 5.75 Å². The van der Waals surface area contributed by atoms with E-state index in [2.05, 4.69) is 6.07 Å². The molecule has 0 heterocycles. The van der Waals surface area contributed by atoms with Crippen LogP contribution in [0.4, 0.5) is 0 Å². The van der Waals surface area contributed by atoms with E-state index in [4.69, 9.17) is 10.4 Å². The van der Waals surface area contributed by atoms with Crippen molar-refractivity contribution >= 4 is 0 Å². The molecule has 1 atom stereocenters. The second-order valence-electron chi connectivity index (χ2n) is 3.87. The highest BCUT2D eigenvalue weighted by Crippen LogP contribution is 2.26. The predicted octanol–water partition coefficient (Wildman–Crippen LogP) is 2.87. The molecule has 0 saturated heterocycles. The minimum atomic E-state index is -0.295. The molecule has 14 heavy (non-hydrogen) atoms. The Morgan fingerprint density at radius 2 is 1.93 bits per heavy atom. The highest BCUT2D eigenvalue weighted by molar-refractivity contribution is 5.27. The normalized spacial score (nSPS) is 14.4. The van der Waals surface area contributed by atoms with Crippen molar-refractivity contribution in [3.8, 4) is 11.8 Å². The molecule has 0 amide bonds. The van der Waals surface area contributed by atoms with Crippen molar-refractivity contribution in [2.45, 2.75) is 26.7 Å². The predicted molar refractivity (Wildman–Crippen MR) is 55.8 cm³/mol.